The number of fused-ring (bicyclic) bond motifs is 1. The third kappa shape index (κ3) is 2.88. The Morgan fingerprint density at radius 2 is 2.22 bits per heavy atom. The van der Waals surface area contributed by atoms with Gasteiger partial charge in [-0.1, -0.05) is 0 Å². The number of hydrogen-bond donors (Lipinski definition) is 1. The predicted octanol–water partition coefficient (Wildman–Crippen LogP) is 1.89. The molecule has 0 spiro atoms. The van der Waals surface area contributed by atoms with Crippen molar-refractivity contribution in [2.24, 2.45) is 5.92 Å². The third-order valence-corrected chi connectivity index (χ3v) is 2.99. The number of benzene rings is 1. The molecule has 0 heterocycles. The highest BCUT2D eigenvalue weighted by Gasteiger charge is 2.25. The van der Waals surface area contributed by atoms with Crippen molar-refractivity contribution in [2.45, 2.75) is 32.3 Å². The Balaban J connectivity index is 2.17. The van der Waals surface area contributed by atoms with Crippen LogP contribution in [-0.2, 0) is 17.6 Å². The molecule has 18 heavy (non-hydrogen) atoms. The van der Waals surface area contributed by atoms with Gasteiger partial charge in [-0.3, -0.25) is 0 Å². The van der Waals surface area contributed by atoms with Gasteiger partial charge in [0, 0.05) is 12.0 Å². The molecule has 0 fully saturated rings. The van der Waals surface area contributed by atoms with Gasteiger partial charge in [0.2, 0.25) is 0 Å². The fourth-order valence-corrected chi connectivity index (χ4v) is 2.13. The standard InChI is InChI=1S/C14H17FO3/c1-14(2,17)8-18-11-5-10-3-9(7-16)4-12(10)13(15)6-11/h5-7,9,17H,3-4,8H2,1-2H3. The highest BCUT2D eigenvalue weighted by atomic mass is 19.1. The van der Waals surface area contributed by atoms with Crippen molar-refractivity contribution in [2.75, 3.05) is 6.61 Å². The van der Waals surface area contributed by atoms with E-state index in [9.17, 15) is 14.3 Å². The molecule has 98 valence electrons. The van der Waals surface area contributed by atoms with Crippen LogP contribution in [0.2, 0.25) is 0 Å². The first kappa shape index (κ1) is 13.0. The van der Waals surface area contributed by atoms with E-state index in [0.29, 0.717) is 24.2 Å². The molecule has 1 aromatic carbocycles. The van der Waals surface area contributed by atoms with Crippen LogP contribution in [0, 0.1) is 11.7 Å². The summed E-state index contributed by atoms with van der Waals surface area (Å²) in [4.78, 5) is 10.7. The second-order valence-electron chi connectivity index (χ2n) is 5.45. The molecule has 0 radical (unpaired) electrons. The second kappa shape index (κ2) is 4.69. The zero-order valence-electron chi connectivity index (χ0n) is 10.6. The van der Waals surface area contributed by atoms with Crippen LogP contribution in [0.4, 0.5) is 4.39 Å². The van der Waals surface area contributed by atoms with Crippen LogP contribution in [0.1, 0.15) is 25.0 Å². The summed E-state index contributed by atoms with van der Waals surface area (Å²) in [6, 6.07) is 3.07. The predicted molar refractivity (Wildman–Crippen MR) is 65.2 cm³/mol. The molecule has 0 aliphatic heterocycles. The Hall–Kier alpha value is -1.42. The summed E-state index contributed by atoms with van der Waals surface area (Å²) in [6.07, 6.45) is 1.91. The van der Waals surface area contributed by atoms with Gasteiger partial charge in [0.25, 0.3) is 0 Å². The Labute approximate surface area is 106 Å². The fourth-order valence-electron chi connectivity index (χ4n) is 2.13. The van der Waals surface area contributed by atoms with Crippen LogP contribution >= 0.6 is 0 Å². The van der Waals surface area contributed by atoms with E-state index in [1.165, 1.54) is 6.07 Å². The number of carbonyl (C=O) groups excluding carboxylic acids is 1. The molecule has 1 unspecified atom stereocenters. The SMILES string of the molecule is CC(C)(O)COc1cc(F)c2c(c1)CC(C=O)C2. The smallest absolute Gasteiger partial charge is 0.130 e. The Bertz CT molecular complexity index is 463. The van der Waals surface area contributed by atoms with Gasteiger partial charge >= 0.3 is 0 Å². The number of halogens is 1. The largest absolute Gasteiger partial charge is 0.491 e. The van der Waals surface area contributed by atoms with Gasteiger partial charge in [-0.25, -0.2) is 4.39 Å². The lowest BCUT2D eigenvalue weighted by molar-refractivity contribution is -0.110. The van der Waals surface area contributed by atoms with E-state index in [4.69, 9.17) is 4.74 Å². The van der Waals surface area contributed by atoms with Crippen molar-refractivity contribution < 1.29 is 19.0 Å². The molecule has 1 aromatic rings. The minimum absolute atomic E-state index is 0.0995. The van der Waals surface area contributed by atoms with Gasteiger partial charge < -0.3 is 14.6 Å². The van der Waals surface area contributed by atoms with Crippen LogP contribution in [-0.4, -0.2) is 23.6 Å². The van der Waals surface area contributed by atoms with Crippen molar-refractivity contribution in [3.8, 4) is 5.75 Å². The molecule has 1 aliphatic carbocycles. The maximum Gasteiger partial charge on any atom is 0.130 e. The molecular weight excluding hydrogens is 235 g/mol. The normalized spacial score (nSPS) is 18.6. The number of rotatable bonds is 4. The van der Waals surface area contributed by atoms with E-state index in [1.54, 1.807) is 19.9 Å². The minimum atomic E-state index is -0.958. The van der Waals surface area contributed by atoms with Crippen LogP contribution in [0.5, 0.6) is 5.75 Å². The highest BCUT2D eigenvalue weighted by Crippen LogP contribution is 2.31. The van der Waals surface area contributed by atoms with Gasteiger partial charge in [-0.15, -0.1) is 0 Å². The monoisotopic (exact) mass is 252 g/mol. The van der Waals surface area contributed by atoms with Gasteiger partial charge in [0.15, 0.2) is 0 Å². The van der Waals surface area contributed by atoms with Crippen molar-refractivity contribution in [1.29, 1.82) is 0 Å². The molecule has 4 heteroatoms. The van der Waals surface area contributed by atoms with Crippen LogP contribution < -0.4 is 4.74 Å². The summed E-state index contributed by atoms with van der Waals surface area (Å²) < 4.78 is 19.2. The fraction of sp³-hybridized carbons (Fsp3) is 0.500. The number of hydrogen-bond acceptors (Lipinski definition) is 3. The Morgan fingerprint density at radius 1 is 1.50 bits per heavy atom. The highest BCUT2D eigenvalue weighted by molar-refractivity contribution is 5.59. The van der Waals surface area contributed by atoms with Crippen LogP contribution in [0.3, 0.4) is 0 Å². The first-order valence-corrected chi connectivity index (χ1v) is 6.01. The van der Waals surface area contributed by atoms with Gasteiger partial charge in [0.05, 0.1) is 5.60 Å². The summed E-state index contributed by atoms with van der Waals surface area (Å²) in [6.45, 7) is 3.35. The van der Waals surface area contributed by atoms with E-state index in [-0.39, 0.29) is 18.3 Å². The number of aldehydes is 1. The third-order valence-electron chi connectivity index (χ3n) is 2.99. The van der Waals surface area contributed by atoms with Crippen molar-refractivity contribution >= 4 is 6.29 Å². The minimum Gasteiger partial charge on any atom is -0.491 e. The van der Waals surface area contributed by atoms with Crippen molar-refractivity contribution in [3.05, 3.63) is 29.1 Å². The van der Waals surface area contributed by atoms with Crippen molar-refractivity contribution in [3.63, 3.8) is 0 Å². The molecule has 0 amide bonds. The lowest BCUT2D eigenvalue weighted by atomic mass is 10.1. The number of aliphatic hydroxyl groups is 1. The lowest BCUT2D eigenvalue weighted by Gasteiger charge is -2.18. The topological polar surface area (TPSA) is 46.5 Å². The molecular formula is C14H17FO3. The zero-order valence-corrected chi connectivity index (χ0v) is 10.6. The van der Waals surface area contributed by atoms with E-state index < -0.39 is 5.60 Å². The van der Waals surface area contributed by atoms with E-state index >= 15 is 0 Å². The average molecular weight is 252 g/mol. The summed E-state index contributed by atoms with van der Waals surface area (Å²) in [5.41, 5.74) is 0.487. The molecule has 2 rings (SSSR count). The summed E-state index contributed by atoms with van der Waals surface area (Å²) in [7, 11) is 0. The molecule has 3 nitrogen and oxygen atoms in total. The molecule has 1 atom stereocenters. The summed E-state index contributed by atoms with van der Waals surface area (Å²) in [5.74, 6) is -0.0541. The quantitative estimate of drug-likeness (QED) is 0.832. The van der Waals surface area contributed by atoms with E-state index in [1.807, 2.05) is 0 Å². The first-order valence-electron chi connectivity index (χ1n) is 6.01. The summed E-state index contributed by atoms with van der Waals surface area (Å²) in [5, 5.41) is 9.56. The molecule has 0 saturated heterocycles. The van der Waals surface area contributed by atoms with Gasteiger partial charge in [-0.05, 0) is 43.9 Å². The Morgan fingerprint density at radius 3 is 2.83 bits per heavy atom. The number of carbonyl (C=O) groups is 1. The first-order chi connectivity index (χ1) is 8.39. The van der Waals surface area contributed by atoms with Crippen LogP contribution in [0.15, 0.2) is 12.1 Å². The molecule has 0 saturated carbocycles. The second-order valence-corrected chi connectivity index (χ2v) is 5.45. The maximum atomic E-state index is 13.8. The molecule has 0 bridgehead atoms. The maximum absolute atomic E-state index is 13.8. The number of ether oxygens (including phenoxy) is 1. The average Bonchev–Trinajstić information content (AvgIpc) is 2.69. The lowest BCUT2D eigenvalue weighted by Crippen LogP contribution is -2.27. The van der Waals surface area contributed by atoms with Gasteiger partial charge in [0.1, 0.15) is 24.5 Å². The van der Waals surface area contributed by atoms with Crippen LogP contribution in [0.25, 0.3) is 0 Å². The van der Waals surface area contributed by atoms with E-state index in [2.05, 4.69) is 0 Å². The molecule has 1 aliphatic rings. The Kier molecular flexibility index (Phi) is 3.39. The van der Waals surface area contributed by atoms with Gasteiger partial charge in [-0.2, -0.15) is 0 Å². The van der Waals surface area contributed by atoms with Crippen molar-refractivity contribution in [1.82, 2.24) is 0 Å². The summed E-state index contributed by atoms with van der Waals surface area (Å²) >= 11 is 0. The van der Waals surface area contributed by atoms with E-state index in [0.717, 1.165) is 11.8 Å². The molecule has 1 N–H and O–H groups in total. The zero-order chi connectivity index (χ0) is 13.3. The molecule has 0 aromatic heterocycles.